The van der Waals surface area contributed by atoms with Gasteiger partial charge in [0.05, 0.1) is 85.8 Å². The molecule has 0 bridgehead atoms. The van der Waals surface area contributed by atoms with Gasteiger partial charge < -0.3 is 52.6 Å². The van der Waals surface area contributed by atoms with E-state index in [4.69, 9.17) is 51.3 Å². The number of ketones is 7. The largest absolute Gasteiger partial charge is 0.489 e. The Labute approximate surface area is 851 Å². The molecular formula is C118H104Cl2FN5O18S. The molecule has 11 aromatic carbocycles. The van der Waals surface area contributed by atoms with Gasteiger partial charge in [0.1, 0.15) is 83.4 Å². The predicted octanol–water partition coefficient (Wildman–Crippen LogP) is 23.2. The number of rotatable bonds is 20. The maximum Gasteiger partial charge on any atom is 0.255 e. The summed E-state index contributed by atoms with van der Waals surface area (Å²) in [5.74, 6) is 2.87. The van der Waals surface area contributed by atoms with E-state index in [1.807, 2.05) is 153 Å². The van der Waals surface area contributed by atoms with Gasteiger partial charge in [0.25, 0.3) is 29.5 Å². The number of carbonyl (C=O) groups is 12. The Hall–Kier alpha value is -15.1. The van der Waals surface area contributed by atoms with Crippen LogP contribution in [-0.2, 0) is 86.1 Å². The van der Waals surface area contributed by atoms with Gasteiger partial charge in [0, 0.05) is 108 Å². The summed E-state index contributed by atoms with van der Waals surface area (Å²) < 4.78 is 51.2. The molecule has 7 atom stereocenters. The van der Waals surface area contributed by atoms with Gasteiger partial charge in [-0.1, -0.05) is 187 Å². The van der Waals surface area contributed by atoms with Crippen LogP contribution in [0.25, 0.3) is 31.8 Å². The van der Waals surface area contributed by atoms with Crippen molar-refractivity contribution in [1.82, 2.24) is 24.5 Å². The van der Waals surface area contributed by atoms with E-state index in [9.17, 15) is 61.9 Å². The fourth-order valence-corrected chi connectivity index (χ4v) is 22.1. The summed E-state index contributed by atoms with van der Waals surface area (Å²) in [5, 5.41) is 4.90. The fourth-order valence-electron chi connectivity index (χ4n) is 20.7. The minimum atomic E-state index is -0.539. The minimum Gasteiger partial charge on any atom is -0.489 e. The number of nitrogens with zero attached hydrogens (tertiary/aromatic N) is 5. The number of benzene rings is 11. The standard InChI is InChI=1S/C26H23NO4.C24H20FNO3S.C24H21NO5.C22H19Cl2NO3.C22H21NO3/c1-16(18-10-9-17-5-2-3-6-19(17)13-18)31-25-8-4-7-21-22(25)15-27(26(21)30)23-12-11-20(28)14-24(23)29;1-14-8-9-20(21(27)10-14)26-12-18-16(24(26)28)4-2-6-22(18)29-13-15-11-17-19(25)5-3-7-23(17)30-15;1-14(23-11-15-5-2-3-7-21(15)30-23)29-22-8-4-6-17-18(22)13-25(24(17)28)19-10-9-16(26)12-20(19)27;1-13-5-8-19(20(26)9-13)25-11-16-15(22(25)27)3-2-4-21(16)28-12-14-6-7-17(23)18(24)10-14;1-15-10-11-19(20(24)12-15)23-13-18-17(22(23)25)8-5-9-21(18)26-14-16-6-3-2-4-7-16/h2-10,13,16,23H,11-12,14-15H2,1H3;2-7,11,20H,1,8-10,12-13H2;2-8,11,14,19H,9-10,12-13H2,1H3;2-4,6-7,10,19H,1,5,8-9,11-12H2;2-9,19H,1,10-14H2. The molecule has 7 unspecified atom stereocenters. The zero-order valence-corrected chi connectivity index (χ0v) is 82.4. The normalized spacial score (nSPS) is 19.4. The number of ether oxygens (including phenoxy) is 5. The summed E-state index contributed by atoms with van der Waals surface area (Å²) in [7, 11) is 0. The van der Waals surface area contributed by atoms with Crippen LogP contribution in [0.1, 0.15) is 229 Å². The molecule has 5 amide bonds. The van der Waals surface area contributed by atoms with E-state index in [0.29, 0.717) is 189 Å². The first-order chi connectivity index (χ1) is 70.1. The third kappa shape index (κ3) is 21.2. The van der Waals surface area contributed by atoms with Crippen LogP contribution in [-0.4, -0.2) is 125 Å². The molecule has 23 rings (SSSR count). The maximum absolute atomic E-state index is 14.0. The minimum absolute atomic E-state index is 0.0429. The molecule has 2 aromatic heterocycles. The highest BCUT2D eigenvalue weighted by Gasteiger charge is 2.46. The lowest BCUT2D eigenvalue weighted by Crippen LogP contribution is -2.44. The Bertz CT molecular complexity index is 7440. The lowest BCUT2D eigenvalue weighted by atomic mass is 9.89. The highest BCUT2D eigenvalue weighted by molar-refractivity contribution is 7.19. The quantitative estimate of drug-likeness (QED) is 0.0506. The SMILES string of the molecule is C=C1CCC(N2Cc3c(OCc4cc5c(F)cccc5s4)cccc3C2=O)C(=O)C1.C=C1CCC(N2Cc3c(OCc4ccc(Cl)c(Cl)c4)cccc3C2=O)C(=O)C1.C=C1CCC(N2Cc3c(OCc4ccccc4)cccc3C2=O)C(=O)C1.CC(Oc1cccc2c1CN(C1CCC(=O)CC1=O)C2=O)c1cc2ccccc2o1.CC(Oc1cccc2c1CN(C1CCC(=O)CC1=O)C2=O)c1ccc2ccccc2c1. The number of halogens is 3. The van der Waals surface area contributed by atoms with Crippen molar-refractivity contribution >= 4 is 136 Å². The first-order valence-electron chi connectivity index (χ1n) is 48.8. The van der Waals surface area contributed by atoms with Crippen molar-refractivity contribution in [3.8, 4) is 28.7 Å². The van der Waals surface area contributed by atoms with Crippen molar-refractivity contribution in [2.24, 2.45) is 0 Å². The van der Waals surface area contributed by atoms with Crippen molar-refractivity contribution in [1.29, 1.82) is 0 Å². The van der Waals surface area contributed by atoms with Gasteiger partial charge in [0.2, 0.25) is 0 Å². The van der Waals surface area contributed by atoms with Crippen molar-refractivity contribution in [3.05, 3.63) is 372 Å². The van der Waals surface area contributed by atoms with Crippen LogP contribution in [0.2, 0.25) is 10.0 Å². The summed E-state index contributed by atoms with van der Waals surface area (Å²) in [4.78, 5) is 159. The second-order valence-corrected chi connectivity index (χ2v) is 40.2. The van der Waals surface area contributed by atoms with Crippen LogP contribution < -0.4 is 23.7 Å². The van der Waals surface area contributed by atoms with Crippen LogP contribution in [0.4, 0.5) is 4.39 Å². The summed E-state index contributed by atoms with van der Waals surface area (Å²) in [6, 6.07) is 71.4. The smallest absolute Gasteiger partial charge is 0.255 e. The summed E-state index contributed by atoms with van der Waals surface area (Å²) in [6.07, 6.45) is 6.11. The van der Waals surface area contributed by atoms with Crippen LogP contribution in [0.15, 0.2) is 277 Å². The molecule has 0 N–H and O–H groups in total. The average molecular weight is 2000 g/mol. The molecule has 27 heteroatoms. The van der Waals surface area contributed by atoms with E-state index in [1.165, 1.54) is 22.8 Å². The number of para-hydroxylation sites is 1. The van der Waals surface area contributed by atoms with Crippen LogP contribution in [0, 0.1) is 5.82 Å². The molecule has 5 saturated carbocycles. The molecule has 0 spiro atoms. The number of furan rings is 1. The molecule has 7 heterocycles. The molecular weight excluding hydrogens is 1900 g/mol. The van der Waals surface area contributed by atoms with Crippen molar-refractivity contribution in [2.75, 3.05) is 0 Å². The van der Waals surface area contributed by atoms with Crippen molar-refractivity contribution in [3.63, 3.8) is 0 Å². The number of thiophene rings is 1. The van der Waals surface area contributed by atoms with Crippen molar-refractivity contribution in [2.45, 2.75) is 205 Å². The molecule has 145 heavy (non-hydrogen) atoms. The maximum atomic E-state index is 14.0. The first-order valence-corrected chi connectivity index (χ1v) is 50.3. The van der Waals surface area contributed by atoms with Gasteiger partial charge in [-0.3, -0.25) is 57.5 Å². The lowest BCUT2D eigenvalue weighted by molar-refractivity contribution is -0.134. The Kier molecular flexibility index (Phi) is 29.2. The Morgan fingerprint density at radius 3 is 1.18 bits per heavy atom. The molecule has 5 aliphatic carbocycles. The predicted molar refractivity (Wildman–Crippen MR) is 548 cm³/mol. The Balaban J connectivity index is 0.000000115. The Morgan fingerprint density at radius 1 is 0.359 bits per heavy atom. The monoisotopic (exact) mass is 2000 g/mol. The van der Waals surface area contributed by atoms with E-state index in [2.05, 4.69) is 50.1 Å². The van der Waals surface area contributed by atoms with Gasteiger partial charge in [0.15, 0.2) is 35.0 Å². The number of hydrogen-bond donors (Lipinski definition) is 0. The average Bonchev–Trinajstić information content (AvgIpc) is 1.62. The number of fused-ring (bicyclic) bond motifs is 8. The van der Waals surface area contributed by atoms with E-state index in [0.717, 1.165) is 112 Å². The summed E-state index contributed by atoms with van der Waals surface area (Å²) in [5.41, 5.74) is 13.7. The number of hydrogen-bond acceptors (Lipinski definition) is 19. The van der Waals surface area contributed by atoms with Crippen LogP contribution >= 0.6 is 34.5 Å². The van der Waals surface area contributed by atoms with Gasteiger partial charge in [-0.05, 0) is 202 Å². The van der Waals surface area contributed by atoms with E-state index < -0.39 is 18.1 Å². The number of Topliss-reactive ketones (excluding diaryl/α,β-unsaturated/α-hetero) is 7. The third-order valence-electron chi connectivity index (χ3n) is 28.5. The van der Waals surface area contributed by atoms with Crippen molar-refractivity contribution < 1.29 is 90.0 Å². The zero-order valence-electron chi connectivity index (χ0n) is 80.1. The molecule has 23 nitrogen and oxygen atoms in total. The van der Waals surface area contributed by atoms with E-state index in [1.54, 1.807) is 85.2 Å². The van der Waals surface area contributed by atoms with Crippen LogP contribution in [0.3, 0.4) is 0 Å². The topological polar surface area (TPSA) is 280 Å². The number of allylic oxidation sites excluding steroid dienone is 3. The molecule has 736 valence electrons. The summed E-state index contributed by atoms with van der Waals surface area (Å²) in [6.45, 7) is 18.5. The molecule has 13 aromatic rings. The van der Waals surface area contributed by atoms with E-state index >= 15 is 0 Å². The molecule has 5 fully saturated rings. The molecule has 5 aliphatic heterocycles. The van der Waals surface area contributed by atoms with E-state index in [-0.39, 0.29) is 113 Å². The highest BCUT2D eigenvalue weighted by Crippen LogP contribution is 2.45. The second-order valence-electron chi connectivity index (χ2n) is 38.2. The highest BCUT2D eigenvalue weighted by atomic mass is 35.5. The fraction of sp³-hybridized carbons (Fsp3) is 0.271. The first kappa shape index (κ1) is 98.7. The Morgan fingerprint density at radius 2 is 0.745 bits per heavy atom. The second kappa shape index (κ2) is 42.9. The van der Waals surface area contributed by atoms with Gasteiger partial charge in [-0.2, -0.15) is 0 Å². The molecule has 0 radical (unpaired) electrons. The van der Waals surface area contributed by atoms with Crippen LogP contribution in [0.5, 0.6) is 28.7 Å². The zero-order chi connectivity index (χ0) is 101. The molecule has 10 aliphatic rings. The molecule has 0 saturated heterocycles. The number of carbonyl (C=O) groups excluding carboxylic acids is 12. The summed E-state index contributed by atoms with van der Waals surface area (Å²) >= 11 is 13.5. The van der Waals surface area contributed by atoms with Gasteiger partial charge >= 0.3 is 0 Å². The van der Waals surface area contributed by atoms with Gasteiger partial charge in [-0.25, -0.2) is 4.39 Å². The number of amides is 5. The lowest BCUT2D eigenvalue weighted by Gasteiger charge is -2.30. The third-order valence-corrected chi connectivity index (χ3v) is 30.3. The van der Waals surface area contributed by atoms with Gasteiger partial charge in [-0.15, -0.1) is 11.3 Å².